The van der Waals surface area contributed by atoms with E-state index in [0.717, 1.165) is 18.7 Å². The fourth-order valence-electron chi connectivity index (χ4n) is 2.11. The van der Waals surface area contributed by atoms with Crippen LogP contribution in [0.2, 0.25) is 5.02 Å². The Bertz CT molecular complexity index is 490. The molecule has 6 heteroatoms. The lowest BCUT2D eigenvalue weighted by atomic mass is 10.1. The minimum atomic E-state index is -0.405. The zero-order chi connectivity index (χ0) is 14.0. The van der Waals surface area contributed by atoms with E-state index in [1.807, 2.05) is 19.0 Å². The molecule has 0 saturated heterocycles. The second-order valence-corrected chi connectivity index (χ2v) is 5.29. The molecule has 2 N–H and O–H groups in total. The molecule has 0 saturated carbocycles. The van der Waals surface area contributed by atoms with Crippen molar-refractivity contribution in [3.8, 4) is 0 Å². The summed E-state index contributed by atoms with van der Waals surface area (Å²) < 4.78 is 13.2. The van der Waals surface area contributed by atoms with Gasteiger partial charge in [0.25, 0.3) is 0 Å². The van der Waals surface area contributed by atoms with Crippen LogP contribution in [0, 0.1) is 5.82 Å². The summed E-state index contributed by atoms with van der Waals surface area (Å²) in [6.45, 7) is 2.24. The van der Waals surface area contributed by atoms with Crippen LogP contribution in [0.15, 0.2) is 23.2 Å². The van der Waals surface area contributed by atoms with Crippen LogP contribution in [-0.2, 0) is 0 Å². The maximum atomic E-state index is 13.2. The minimum Gasteiger partial charge on any atom is -0.370 e. The molecule has 1 aliphatic rings. The molecule has 1 atom stereocenters. The Morgan fingerprint density at radius 3 is 2.89 bits per heavy atom. The minimum absolute atomic E-state index is 0.0399. The van der Waals surface area contributed by atoms with E-state index in [1.165, 1.54) is 6.07 Å². The lowest BCUT2D eigenvalue weighted by Crippen LogP contribution is -2.40. The van der Waals surface area contributed by atoms with E-state index in [9.17, 15) is 4.39 Å². The SMILES string of the molecule is CN(C)CCN1C(N)=NCC1c1ccc(F)c(Cl)c1. The van der Waals surface area contributed by atoms with Crippen molar-refractivity contribution in [3.63, 3.8) is 0 Å². The Morgan fingerprint density at radius 1 is 1.53 bits per heavy atom. The Labute approximate surface area is 117 Å². The zero-order valence-corrected chi connectivity index (χ0v) is 11.9. The van der Waals surface area contributed by atoms with Crippen molar-refractivity contribution in [2.75, 3.05) is 33.7 Å². The van der Waals surface area contributed by atoms with E-state index in [2.05, 4.69) is 9.89 Å². The second-order valence-electron chi connectivity index (χ2n) is 4.88. The third-order valence-corrected chi connectivity index (χ3v) is 3.50. The van der Waals surface area contributed by atoms with Crippen LogP contribution in [0.1, 0.15) is 11.6 Å². The van der Waals surface area contributed by atoms with Crippen LogP contribution >= 0.6 is 11.6 Å². The molecule has 1 unspecified atom stereocenters. The summed E-state index contributed by atoms with van der Waals surface area (Å²) in [7, 11) is 4.01. The molecule has 1 aliphatic heterocycles. The van der Waals surface area contributed by atoms with E-state index < -0.39 is 5.82 Å². The van der Waals surface area contributed by atoms with Crippen molar-refractivity contribution >= 4 is 17.6 Å². The molecule has 1 heterocycles. The topological polar surface area (TPSA) is 44.9 Å². The van der Waals surface area contributed by atoms with Gasteiger partial charge in [-0.1, -0.05) is 17.7 Å². The third kappa shape index (κ3) is 3.16. The third-order valence-electron chi connectivity index (χ3n) is 3.21. The van der Waals surface area contributed by atoms with E-state index in [0.29, 0.717) is 12.5 Å². The number of likely N-dealkylation sites (N-methyl/N-ethyl adjacent to an activating group) is 1. The average molecular weight is 285 g/mol. The van der Waals surface area contributed by atoms with Crippen LogP contribution in [0.25, 0.3) is 0 Å². The first-order valence-corrected chi connectivity index (χ1v) is 6.53. The van der Waals surface area contributed by atoms with Gasteiger partial charge >= 0.3 is 0 Å². The molecule has 0 aromatic heterocycles. The highest BCUT2D eigenvalue weighted by Gasteiger charge is 2.27. The van der Waals surface area contributed by atoms with Gasteiger partial charge in [0.15, 0.2) is 5.96 Å². The molecule has 1 aromatic rings. The van der Waals surface area contributed by atoms with Gasteiger partial charge in [-0.15, -0.1) is 0 Å². The number of guanidine groups is 1. The van der Waals surface area contributed by atoms with Crippen molar-refractivity contribution in [3.05, 3.63) is 34.6 Å². The van der Waals surface area contributed by atoms with Gasteiger partial charge < -0.3 is 15.5 Å². The quantitative estimate of drug-likeness (QED) is 0.915. The molecule has 0 fully saturated rings. The molecule has 19 heavy (non-hydrogen) atoms. The number of nitrogens with zero attached hydrogens (tertiary/aromatic N) is 3. The number of rotatable bonds is 4. The predicted octanol–water partition coefficient (Wildman–Crippen LogP) is 1.71. The summed E-state index contributed by atoms with van der Waals surface area (Å²) in [4.78, 5) is 8.39. The van der Waals surface area contributed by atoms with Gasteiger partial charge in [0.05, 0.1) is 17.6 Å². The normalized spacial score (nSPS) is 19.1. The molecule has 104 valence electrons. The van der Waals surface area contributed by atoms with Gasteiger partial charge in [0, 0.05) is 13.1 Å². The summed E-state index contributed by atoms with van der Waals surface area (Å²) in [5.74, 6) is 0.129. The molecule has 1 aromatic carbocycles. The van der Waals surface area contributed by atoms with Crippen molar-refractivity contribution in [1.29, 1.82) is 0 Å². The highest BCUT2D eigenvalue weighted by Crippen LogP contribution is 2.28. The number of aliphatic imine (C=N–C) groups is 1. The monoisotopic (exact) mass is 284 g/mol. The molecular formula is C13H18ClFN4. The van der Waals surface area contributed by atoms with Crippen molar-refractivity contribution in [2.24, 2.45) is 10.7 Å². The lowest BCUT2D eigenvalue weighted by Gasteiger charge is -2.28. The second kappa shape index (κ2) is 5.75. The van der Waals surface area contributed by atoms with Gasteiger partial charge in [-0.3, -0.25) is 4.99 Å². The summed E-state index contributed by atoms with van der Waals surface area (Å²) in [5.41, 5.74) is 6.85. The van der Waals surface area contributed by atoms with Crippen LogP contribution in [0.3, 0.4) is 0 Å². The number of hydrogen-bond acceptors (Lipinski definition) is 4. The van der Waals surface area contributed by atoms with Crippen LogP contribution in [0.5, 0.6) is 0 Å². The maximum absolute atomic E-state index is 13.2. The number of nitrogens with two attached hydrogens (primary N) is 1. The van der Waals surface area contributed by atoms with Gasteiger partial charge in [0.2, 0.25) is 0 Å². The molecule has 0 bridgehead atoms. The highest BCUT2D eigenvalue weighted by molar-refractivity contribution is 6.30. The van der Waals surface area contributed by atoms with Gasteiger partial charge in [-0.05, 0) is 31.8 Å². The van der Waals surface area contributed by atoms with Gasteiger partial charge in [-0.25, -0.2) is 4.39 Å². The number of benzene rings is 1. The molecule has 4 nitrogen and oxygen atoms in total. The number of halogens is 2. The lowest BCUT2D eigenvalue weighted by molar-refractivity contribution is 0.293. The molecule has 2 rings (SSSR count). The molecular weight excluding hydrogens is 267 g/mol. The largest absolute Gasteiger partial charge is 0.370 e. The van der Waals surface area contributed by atoms with Crippen LogP contribution in [0.4, 0.5) is 4.39 Å². The van der Waals surface area contributed by atoms with E-state index in [1.54, 1.807) is 12.1 Å². The van der Waals surface area contributed by atoms with Crippen molar-refractivity contribution < 1.29 is 4.39 Å². The Balaban J connectivity index is 2.16. The van der Waals surface area contributed by atoms with Crippen LogP contribution in [-0.4, -0.2) is 49.5 Å². The Morgan fingerprint density at radius 2 is 2.26 bits per heavy atom. The average Bonchev–Trinajstić information content (AvgIpc) is 2.71. The highest BCUT2D eigenvalue weighted by atomic mass is 35.5. The fourth-order valence-corrected chi connectivity index (χ4v) is 2.30. The van der Waals surface area contributed by atoms with Gasteiger partial charge in [0.1, 0.15) is 5.82 Å². The Hall–Kier alpha value is -1.33. The Kier molecular flexibility index (Phi) is 4.27. The van der Waals surface area contributed by atoms with E-state index in [4.69, 9.17) is 17.3 Å². The standard InChI is InChI=1S/C13H18ClFN4/c1-18(2)5-6-19-12(8-17-13(19)16)9-3-4-11(15)10(14)7-9/h3-4,7,12H,5-6,8H2,1-2H3,(H2,16,17). The first-order valence-electron chi connectivity index (χ1n) is 6.15. The first-order chi connectivity index (χ1) is 8.99. The number of hydrogen-bond donors (Lipinski definition) is 1. The van der Waals surface area contributed by atoms with E-state index in [-0.39, 0.29) is 11.1 Å². The smallest absolute Gasteiger partial charge is 0.191 e. The zero-order valence-electron chi connectivity index (χ0n) is 11.1. The van der Waals surface area contributed by atoms with Gasteiger partial charge in [-0.2, -0.15) is 0 Å². The van der Waals surface area contributed by atoms with Crippen molar-refractivity contribution in [2.45, 2.75) is 6.04 Å². The fraction of sp³-hybridized carbons (Fsp3) is 0.462. The van der Waals surface area contributed by atoms with E-state index >= 15 is 0 Å². The summed E-state index contributed by atoms with van der Waals surface area (Å²) in [6.07, 6.45) is 0. The summed E-state index contributed by atoms with van der Waals surface area (Å²) >= 11 is 5.83. The summed E-state index contributed by atoms with van der Waals surface area (Å²) in [5, 5.41) is 0.135. The summed E-state index contributed by atoms with van der Waals surface area (Å²) in [6, 6.07) is 4.81. The van der Waals surface area contributed by atoms with Crippen molar-refractivity contribution in [1.82, 2.24) is 9.80 Å². The first kappa shape index (κ1) is 14.1. The maximum Gasteiger partial charge on any atom is 0.191 e. The molecule has 0 radical (unpaired) electrons. The molecule has 0 amide bonds. The van der Waals surface area contributed by atoms with Crippen LogP contribution < -0.4 is 5.73 Å². The molecule has 0 aliphatic carbocycles. The molecule has 0 spiro atoms. The predicted molar refractivity (Wildman–Crippen MR) is 75.9 cm³/mol.